The van der Waals surface area contributed by atoms with Gasteiger partial charge in [0.05, 0.1) is 13.2 Å². The Labute approximate surface area is 96.6 Å². The molecule has 90 valence electrons. The van der Waals surface area contributed by atoms with Crippen LogP contribution in [0.25, 0.3) is 0 Å². The van der Waals surface area contributed by atoms with Gasteiger partial charge in [-0.05, 0) is 11.8 Å². The molecule has 0 aromatic rings. The van der Waals surface area contributed by atoms with E-state index in [-0.39, 0.29) is 11.2 Å². The molecule has 1 aliphatic heterocycles. The molecular weight excluding hydrogens is 204 g/mol. The van der Waals surface area contributed by atoms with Crippen LogP contribution in [-0.4, -0.2) is 37.1 Å². The molecule has 1 N–H and O–H groups in total. The highest BCUT2D eigenvalue weighted by molar-refractivity contribution is 5.91. The van der Waals surface area contributed by atoms with Crippen LogP contribution in [0.2, 0.25) is 0 Å². The average molecular weight is 224 g/mol. The zero-order valence-electron chi connectivity index (χ0n) is 10.1. The fraction of sp³-hybridized carbons (Fsp3) is 0.750. The average Bonchev–Trinajstić information content (AvgIpc) is 2.15. The summed E-state index contributed by atoms with van der Waals surface area (Å²) >= 11 is 0. The van der Waals surface area contributed by atoms with Crippen molar-refractivity contribution in [3.8, 4) is 0 Å². The van der Waals surface area contributed by atoms with Gasteiger partial charge in [-0.15, -0.1) is 0 Å². The van der Waals surface area contributed by atoms with Gasteiger partial charge in [-0.3, -0.25) is 4.79 Å². The maximum Gasteiger partial charge on any atom is 0.158 e. The zero-order valence-corrected chi connectivity index (χ0v) is 10.1. The number of carbonyl (C=O) groups excluding carboxylic acids is 1. The summed E-state index contributed by atoms with van der Waals surface area (Å²) in [7, 11) is 0. The molecule has 0 saturated carbocycles. The lowest BCUT2D eigenvalue weighted by Crippen LogP contribution is -2.46. The van der Waals surface area contributed by atoms with Crippen molar-refractivity contribution in [3.63, 3.8) is 0 Å². The molecule has 0 aromatic heterocycles. The SMILES string of the molecule is CC1(C)CC(=O)C=C(NN2CCOCC2)C1. The van der Waals surface area contributed by atoms with Gasteiger partial charge in [0.1, 0.15) is 0 Å². The minimum absolute atomic E-state index is 0.0838. The Morgan fingerprint density at radius 2 is 2.00 bits per heavy atom. The molecule has 4 heteroatoms. The third-order valence-corrected chi connectivity index (χ3v) is 2.97. The molecule has 0 amide bonds. The third kappa shape index (κ3) is 3.06. The molecule has 1 fully saturated rings. The second kappa shape index (κ2) is 4.55. The molecule has 0 unspecified atom stereocenters. The van der Waals surface area contributed by atoms with Crippen LogP contribution in [0, 0.1) is 5.41 Å². The van der Waals surface area contributed by atoms with Gasteiger partial charge in [0.25, 0.3) is 0 Å². The van der Waals surface area contributed by atoms with Crippen molar-refractivity contribution in [1.29, 1.82) is 0 Å². The number of nitrogens with zero attached hydrogens (tertiary/aromatic N) is 1. The molecule has 0 spiro atoms. The number of hydrogen-bond donors (Lipinski definition) is 1. The summed E-state index contributed by atoms with van der Waals surface area (Å²) in [5.41, 5.74) is 4.47. The van der Waals surface area contributed by atoms with E-state index < -0.39 is 0 Å². The maximum absolute atomic E-state index is 11.6. The first kappa shape index (κ1) is 11.6. The summed E-state index contributed by atoms with van der Waals surface area (Å²) in [5, 5.41) is 2.13. The Balaban J connectivity index is 1.95. The highest BCUT2D eigenvalue weighted by Crippen LogP contribution is 2.32. The number of rotatable bonds is 2. The van der Waals surface area contributed by atoms with Crippen molar-refractivity contribution >= 4 is 5.78 Å². The standard InChI is InChI=1S/C12H20N2O2/c1-12(2)8-10(7-11(15)9-12)13-14-3-5-16-6-4-14/h7,13H,3-6,8-9H2,1-2H3. The van der Waals surface area contributed by atoms with Gasteiger partial charge in [0.15, 0.2) is 5.78 Å². The molecule has 16 heavy (non-hydrogen) atoms. The summed E-state index contributed by atoms with van der Waals surface area (Å²) in [6.07, 6.45) is 3.35. The predicted molar refractivity (Wildman–Crippen MR) is 61.6 cm³/mol. The maximum atomic E-state index is 11.6. The number of ketones is 1. The van der Waals surface area contributed by atoms with Gasteiger partial charge in [-0.25, -0.2) is 5.01 Å². The fourth-order valence-corrected chi connectivity index (χ4v) is 2.30. The largest absolute Gasteiger partial charge is 0.379 e. The molecule has 0 bridgehead atoms. The van der Waals surface area contributed by atoms with Gasteiger partial charge < -0.3 is 10.2 Å². The lowest BCUT2D eigenvalue weighted by atomic mass is 9.79. The van der Waals surface area contributed by atoms with E-state index >= 15 is 0 Å². The number of hydrazine groups is 1. The van der Waals surface area contributed by atoms with Crippen LogP contribution in [0.3, 0.4) is 0 Å². The Morgan fingerprint density at radius 1 is 1.31 bits per heavy atom. The first-order valence-corrected chi connectivity index (χ1v) is 5.88. The lowest BCUT2D eigenvalue weighted by Gasteiger charge is -2.34. The molecule has 0 atom stereocenters. The van der Waals surface area contributed by atoms with Crippen molar-refractivity contribution < 1.29 is 9.53 Å². The zero-order chi connectivity index (χ0) is 11.6. The predicted octanol–water partition coefficient (Wildman–Crippen LogP) is 1.10. The van der Waals surface area contributed by atoms with Crippen LogP contribution in [0.4, 0.5) is 0 Å². The number of carbonyl (C=O) groups is 1. The Bertz CT molecular complexity index is 304. The van der Waals surface area contributed by atoms with Crippen molar-refractivity contribution in [1.82, 2.24) is 10.4 Å². The topological polar surface area (TPSA) is 41.6 Å². The fourth-order valence-electron chi connectivity index (χ4n) is 2.30. The monoisotopic (exact) mass is 224 g/mol. The minimum Gasteiger partial charge on any atom is -0.379 e. The summed E-state index contributed by atoms with van der Waals surface area (Å²) in [6.45, 7) is 7.56. The van der Waals surface area contributed by atoms with Crippen LogP contribution < -0.4 is 5.43 Å². The quantitative estimate of drug-likeness (QED) is 0.762. The first-order chi connectivity index (χ1) is 7.55. The van der Waals surface area contributed by atoms with E-state index in [4.69, 9.17) is 4.74 Å². The van der Waals surface area contributed by atoms with Crippen LogP contribution >= 0.6 is 0 Å². The molecule has 4 nitrogen and oxygen atoms in total. The van der Waals surface area contributed by atoms with Crippen LogP contribution in [0.15, 0.2) is 11.8 Å². The van der Waals surface area contributed by atoms with Gasteiger partial charge in [0, 0.05) is 31.3 Å². The smallest absolute Gasteiger partial charge is 0.158 e. The van der Waals surface area contributed by atoms with Crippen molar-refractivity contribution in [2.75, 3.05) is 26.3 Å². The number of allylic oxidation sites excluding steroid dienone is 2. The molecule has 2 rings (SSSR count). The number of hydrogen-bond acceptors (Lipinski definition) is 4. The molecule has 2 aliphatic rings. The second-order valence-electron chi connectivity index (χ2n) is 5.36. The van der Waals surface area contributed by atoms with Gasteiger partial charge in [0.2, 0.25) is 0 Å². The van der Waals surface area contributed by atoms with Crippen molar-refractivity contribution in [3.05, 3.63) is 11.8 Å². The summed E-state index contributed by atoms with van der Waals surface area (Å²) in [5.74, 6) is 0.229. The van der Waals surface area contributed by atoms with Crippen LogP contribution in [-0.2, 0) is 9.53 Å². The Hall–Kier alpha value is -0.870. The van der Waals surface area contributed by atoms with Crippen LogP contribution in [0.1, 0.15) is 26.7 Å². The van der Waals surface area contributed by atoms with E-state index in [2.05, 4.69) is 24.3 Å². The highest BCUT2D eigenvalue weighted by Gasteiger charge is 2.28. The van der Waals surface area contributed by atoms with Gasteiger partial charge >= 0.3 is 0 Å². The summed E-state index contributed by atoms with van der Waals surface area (Å²) in [4.78, 5) is 11.6. The number of nitrogens with one attached hydrogen (secondary N) is 1. The lowest BCUT2D eigenvalue weighted by molar-refractivity contribution is -0.117. The molecular formula is C12H20N2O2. The van der Waals surface area contributed by atoms with E-state index in [1.54, 1.807) is 6.08 Å². The minimum atomic E-state index is 0.0838. The number of ether oxygens (including phenoxy) is 1. The molecule has 1 aliphatic carbocycles. The van der Waals surface area contributed by atoms with E-state index in [0.717, 1.165) is 38.4 Å². The summed E-state index contributed by atoms with van der Waals surface area (Å²) < 4.78 is 5.28. The Kier molecular flexibility index (Phi) is 3.30. The van der Waals surface area contributed by atoms with E-state index in [9.17, 15) is 4.79 Å². The van der Waals surface area contributed by atoms with Crippen molar-refractivity contribution in [2.24, 2.45) is 5.41 Å². The van der Waals surface area contributed by atoms with E-state index in [1.165, 1.54) is 0 Å². The van der Waals surface area contributed by atoms with E-state index in [0.29, 0.717) is 6.42 Å². The van der Waals surface area contributed by atoms with Gasteiger partial charge in [-0.1, -0.05) is 13.8 Å². The highest BCUT2D eigenvalue weighted by atomic mass is 16.5. The first-order valence-electron chi connectivity index (χ1n) is 5.88. The normalized spacial score (nSPS) is 26.4. The van der Waals surface area contributed by atoms with Gasteiger partial charge in [-0.2, -0.15) is 0 Å². The Morgan fingerprint density at radius 3 is 2.62 bits per heavy atom. The van der Waals surface area contributed by atoms with E-state index in [1.807, 2.05) is 0 Å². The molecule has 1 heterocycles. The number of morpholine rings is 1. The molecule has 0 radical (unpaired) electrons. The van der Waals surface area contributed by atoms with Crippen LogP contribution in [0.5, 0.6) is 0 Å². The summed E-state index contributed by atoms with van der Waals surface area (Å²) in [6, 6.07) is 0. The third-order valence-electron chi connectivity index (χ3n) is 2.97. The molecule has 0 aromatic carbocycles. The molecule has 1 saturated heterocycles. The second-order valence-corrected chi connectivity index (χ2v) is 5.36. The van der Waals surface area contributed by atoms with Crippen molar-refractivity contribution in [2.45, 2.75) is 26.7 Å².